The Balaban J connectivity index is 1.59. The van der Waals surface area contributed by atoms with E-state index in [1.807, 2.05) is 61.0 Å². The van der Waals surface area contributed by atoms with E-state index in [2.05, 4.69) is 5.32 Å². The zero-order chi connectivity index (χ0) is 21.5. The fraction of sp³-hybridized carbons (Fsp3) is 0.208. The average Bonchev–Trinajstić information content (AvgIpc) is 3.23. The van der Waals surface area contributed by atoms with Crippen molar-refractivity contribution in [2.24, 2.45) is 0 Å². The number of fused-ring (bicyclic) bond motifs is 2. The molecule has 2 amide bonds. The number of para-hydroxylation sites is 1. The maximum absolute atomic E-state index is 13.6. The number of anilines is 2. The second kappa shape index (κ2) is 7.43. The van der Waals surface area contributed by atoms with Crippen molar-refractivity contribution in [3.63, 3.8) is 0 Å². The highest BCUT2D eigenvalue weighted by atomic mass is 16.7. The maximum atomic E-state index is 13.6. The first-order valence-corrected chi connectivity index (χ1v) is 10.1. The van der Waals surface area contributed by atoms with Crippen LogP contribution in [0, 0.1) is 13.8 Å². The van der Waals surface area contributed by atoms with E-state index >= 15 is 0 Å². The van der Waals surface area contributed by atoms with Gasteiger partial charge in [0.15, 0.2) is 17.7 Å². The van der Waals surface area contributed by atoms with Crippen LogP contribution < -0.4 is 24.3 Å². The normalized spacial score (nSPS) is 16.8. The van der Waals surface area contributed by atoms with E-state index in [0.717, 1.165) is 22.5 Å². The Kier molecular flexibility index (Phi) is 4.58. The molecule has 0 aliphatic carbocycles. The second-order valence-corrected chi connectivity index (χ2v) is 7.71. The Morgan fingerprint density at radius 1 is 1.03 bits per heavy atom. The minimum absolute atomic E-state index is 0.141. The van der Waals surface area contributed by atoms with Gasteiger partial charge in [0.1, 0.15) is 0 Å². The van der Waals surface area contributed by atoms with Crippen LogP contribution in [0.4, 0.5) is 11.4 Å². The predicted octanol–water partition coefficient (Wildman–Crippen LogP) is 3.05. The molecule has 1 atom stereocenters. The first kappa shape index (κ1) is 19.1. The fourth-order valence-corrected chi connectivity index (χ4v) is 4.16. The van der Waals surface area contributed by atoms with E-state index in [0.29, 0.717) is 17.2 Å². The summed E-state index contributed by atoms with van der Waals surface area (Å²) in [5, 5.41) is 3.06. The molecular formula is C24H22N3O4+. The molecule has 7 nitrogen and oxygen atoms in total. The van der Waals surface area contributed by atoms with E-state index < -0.39 is 6.04 Å². The molecule has 2 aromatic carbocycles. The highest BCUT2D eigenvalue weighted by Crippen LogP contribution is 2.38. The molecule has 7 heteroatoms. The number of hydrogen-bond acceptors (Lipinski definition) is 4. The highest BCUT2D eigenvalue weighted by Gasteiger charge is 2.44. The van der Waals surface area contributed by atoms with Crippen LogP contribution in [0.25, 0.3) is 0 Å². The monoisotopic (exact) mass is 416 g/mol. The number of nitrogens with one attached hydrogen (secondary N) is 1. The van der Waals surface area contributed by atoms with Crippen LogP contribution in [-0.2, 0) is 16.1 Å². The van der Waals surface area contributed by atoms with E-state index in [-0.39, 0.29) is 25.2 Å². The van der Waals surface area contributed by atoms with E-state index in [9.17, 15) is 9.59 Å². The number of carbonyl (C=O) groups excluding carboxylic acids is 2. The summed E-state index contributed by atoms with van der Waals surface area (Å²) in [5.41, 5.74) is 4.02. The first-order valence-electron chi connectivity index (χ1n) is 10.1. The second-order valence-electron chi connectivity index (χ2n) is 7.71. The van der Waals surface area contributed by atoms with Crippen LogP contribution in [0.15, 0.2) is 60.8 Å². The molecule has 0 saturated carbocycles. The molecule has 0 saturated heterocycles. The molecular weight excluding hydrogens is 394 g/mol. The standard InChI is InChI=1S/C24H21N3O4/c1-15-6-5-7-16(2)22(15)25-24(29)23-18-8-3-4-11-26(18)13-21(28)27(23)17-9-10-19-20(12-17)31-14-30-19/h3-12,23H,13-14H2,1-2H3/p+1. The number of benzene rings is 2. The molecule has 0 bridgehead atoms. The Bertz CT molecular complexity index is 1190. The van der Waals surface area contributed by atoms with Gasteiger partial charge in [-0.1, -0.05) is 24.3 Å². The topological polar surface area (TPSA) is 71.8 Å². The van der Waals surface area contributed by atoms with Gasteiger partial charge in [0.05, 0.1) is 0 Å². The number of aryl methyl sites for hydroxylation is 2. The van der Waals surface area contributed by atoms with Gasteiger partial charge in [-0.05, 0) is 37.1 Å². The minimum Gasteiger partial charge on any atom is -0.454 e. The highest BCUT2D eigenvalue weighted by molar-refractivity contribution is 6.06. The third kappa shape index (κ3) is 3.28. The lowest BCUT2D eigenvalue weighted by atomic mass is 10.0. The van der Waals surface area contributed by atoms with Crippen molar-refractivity contribution in [3.8, 4) is 11.5 Å². The third-order valence-corrected chi connectivity index (χ3v) is 5.70. The van der Waals surface area contributed by atoms with Gasteiger partial charge in [0, 0.05) is 29.6 Å². The zero-order valence-electron chi connectivity index (χ0n) is 17.3. The van der Waals surface area contributed by atoms with Gasteiger partial charge in [-0.15, -0.1) is 0 Å². The minimum atomic E-state index is -0.832. The predicted molar refractivity (Wildman–Crippen MR) is 114 cm³/mol. The summed E-state index contributed by atoms with van der Waals surface area (Å²) in [7, 11) is 0. The molecule has 1 aromatic heterocycles. The molecule has 0 spiro atoms. The van der Waals surface area contributed by atoms with Gasteiger partial charge in [-0.3, -0.25) is 14.5 Å². The van der Waals surface area contributed by atoms with Gasteiger partial charge in [0.25, 0.3) is 11.8 Å². The van der Waals surface area contributed by atoms with Crippen LogP contribution in [-0.4, -0.2) is 18.6 Å². The summed E-state index contributed by atoms with van der Waals surface area (Å²) in [6.45, 7) is 4.19. The molecule has 3 heterocycles. The van der Waals surface area contributed by atoms with Crippen LogP contribution in [0.1, 0.15) is 22.9 Å². The number of aromatic nitrogens is 1. The number of rotatable bonds is 3. The summed E-state index contributed by atoms with van der Waals surface area (Å²) in [4.78, 5) is 28.4. The van der Waals surface area contributed by atoms with E-state index in [1.165, 1.54) is 0 Å². The number of carbonyl (C=O) groups is 2. The Hall–Kier alpha value is -3.87. The molecule has 1 unspecified atom stereocenters. The van der Waals surface area contributed by atoms with Crippen molar-refractivity contribution in [3.05, 3.63) is 77.6 Å². The van der Waals surface area contributed by atoms with Crippen molar-refractivity contribution >= 4 is 23.2 Å². The molecule has 5 rings (SSSR count). The largest absolute Gasteiger partial charge is 0.454 e. The van der Waals surface area contributed by atoms with Crippen LogP contribution in [0.2, 0.25) is 0 Å². The van der Waals surface area contributed by atoms with Crippen molar-refractivity contribution in [2.45, 2.75) is 26.4 Å². The van der Waals surface area contributed by atoms with E-state index in [1.54, 1.807) is 23.1 Å². The number of nitrogens with zero attached hydrogens (tertiary/aromatic N) is 2. The van der Waals surface area contributed by atoms with Crippen LogP contribution >= 0.6 is 0 Å². The van der Waals surface area contributed by atoms with Gasteiger partial charge in [-0.2, -0.15) is 4.57 Å². The van der Waals surface area contributed by atoms with Gasteiger partial charge in [-0.25, -0.2) is 0 Å². The van der Waals surface area contributed by atoms with Gasteiger partial charge >= 0.3 is 0 Å². The molecule has 1 N–H and O–H groups in total. The summed E-state index contributed by atoms with van der Waals surface area (Å²) >= 11 is 0. The van der Waals surface area contributed by atoms with Crippen molar-refractivity contribution in [1.29, 1.82) is 0 Å². The molecule has 0 fully saturated rings. The zero-order valence-corrected chi connectivity index (χ0v) is 17.3. The van der Waals surface area contributed by atoms with Crippen molar-refractivity contribution in [1.82, 2.24) is 0 Å². The Labute approximate surface area is 179 Å². The lowest BCUT2D eigenvalue weighted by Gasteiger charge is -2.32. The summed E-state index contributed by atoms with van der Waals surface area (Å²) in [5.74, 6) is 0.734. The lowest BCUT2D eigenvalue weighted by molar-refractivity contribution is -0.695. The third-order valence-electron chi connectivity index (χ3n) is 5.70. The molecule has 0 radical (unpaired) electrons. The number of hydrogen-bond donors (Lipinski definition) is 1. The molecule has 2 aliphatic heterocycles. The Morgan fingerprint density at radius 2 is 1.81 bits per heavy atom. The molecule has 156 valence electrons. The average molecular weight is 416 g/mol. The SMILES string of the molecule is Cc1cccc(C)c1NC(=O)C1c2cccc[n+]2CC(=O)N1c1ccc2c(c1)OCO2. The van der Waals surface area contributed by atoms with E-state index in [4.69, 9.17) is 9.47 Å². The number of pyridine rings is 1. The number of amides is 2. The summed E-state index contributed by atoms with van der Waals surface area (Å²) in [6.07, 6.45) is 1.82. The van der Waals surface area contributed by atoms with Crippen molar-refractivity contribution < 1.29 is 23.6 Å². The van der Waals surface area contributed by atoms with Gasteiger partial charge < -0.3 is 14.8 Å². The smallest absolute Gasteiger partial charge is 0.294 e. The molecule has 3 aromatic rings. The molecule has 2 aliphatic rings. The lowest BCUT2D eigenvalue weighted by Crippen LogP contribution is -2.58. The summed E-state index contributed by atoms with van der Waals surface area (Å²) in [6, 6.07) is 15.9. The fourth-order valence-electron chi connectivity index (χ4n) is 4.16. The quantitative estimate of drug-likeness (QED) is 0.667. The number of ether oxygens (including phenoxy) is 2. The maximum Gasteiger partial charge on any atom is 0.294 e. The van der Waals surface area contributed by atoms with Crippen LogP contribution in [0.3, 0.4) is 0 Å². The van der Waals surface area contributed by atoms with Crippen LogP contribution in [0.5, 0.6) is 11.5 Å². The Morgan fingerprint density at radius 3 is 2.61 bits per heavy atom. The van der Waals surface area contributed by atoms with Crippen molar-refractivity contribution in [2.75, 3.05) is 17.0 Å². The summed E-state index contributed by atoms with van der Waals surface area (Å²) < 4.78 is 12.7. The molecule has 31 heavy (non-hydrogen) atoms. The van der Waals surface area contributed by atoms with Gasteiger partial charge in [0.2, 0.25) is 25.1 Å². The first-order chi connectivity index (χ1) is 15.0.